The fraction of sp³-hybridized carbons (Fsp3) is 0.333. The molecule has 0 saturated carbocycles. The van der Waals surface area contributed by atoms with Crippen LogP contribution in [0.3, 0.4) is 0 Å². The molecule has 1 fully saturated rings. The van der Waals surface area contributed by atoms with E-state index in [1.165, 1.54) is 17.7 Å². The van der Waals surface area contributed by atoms with E-state index in [9.17, 15) is 0 Å². The molecule has 68 valence electrons. The van der Waals surface area contributed by atoms with Crippen LogP contribution in [0.15, 0.2) is 42.6 Å². The van der Waals surface area contributed by atoms with Gasteiger partial charge in [-0.1, -0.05) is 43.8 Å². The first-order chi connectivity index (χ1) is 6.27. The Morgan fingerprint density at radius 3 is 2.54 bits per heavy atom. The van der Waals surface area contributed by atoms with Gasteiger partial charge in [-0.25, -0.2) is 0 Å². The number of allylic oxidation sites excluding steroid dienone is 1. The lowest BCUT2D eigenvalue weighted by molar-refractivity contribution is 0.615. The van der Waals surface area contributed by atoms with E-state index in [0.29, 0.717) is 12.0 Å². The second-order valence-electron chi connectivity index (χ2n) is 3.77. The van der Waals surface area contributed by atoms with Crippen LogP contribution in [0.2, 0.25) is 0 Å². The maximum absolute atomic E-state index is 4.00. The van der Waals surface area contributed by atoms with Crippen LogP contribution in [0.4, 0.5) is 0 Å². The minimum absolute atomic E-state index is 0.476. The molecule has 1 nitrogen and oxygen atoms in total. The molecule has 0 spiro atoms. The maximum Gasteiger partial charge on any atom is 0.0517 e. The van der Waals surface area contributed by atoms with Gasteiger partial charge in [0.2, 0.25) is 0 Å². The van der Waals surface area contributed by atoms with Crippen molar-refractivity contribution in [2.45, 2.75) is 19.4 Å². The molecule has 1 heterocycles. The first-order valence-corrected chi connectivity index (χ1v) is 4.77. The van der Waals surface area contributed by atoms with Crippen molar-refractivity contribution < 1.29 is 0 Å². The van der Waals surface area contributed by atoms with Gasteiger partial charge < -0.3 is 5.32 Å². The molecule has 1 aliphatic rings. The van der Waals surface area contributed by atoms with Gasteiger partial charge in [-0.3, -0.25) is 0 Å². The molecule has 0 bridgehead atoms. The van der Waals surface area contributed by atoms with Crippen LogP contribution >= 0.6 is 0 Å². The predicted molar refractivity (Wildman–Crippen MR) is 55.2 cm³/mol. The fourth-order valence-electron chi connectivity index (χ4n) is 1.83. The van der Waals surface area contributed by atoms with Crippen molar-refractivity contribution in [3.63, 3.8) is 0 Å². The van der Waals surface area contributed by atoms with E-state index < -0.39 is 0 Å². The highest BCUT2D eigenvalue weighted by Crippen LogP contribution is 2.31. The summed E-state index contributed by atoms with van der Waals surface area (Å²) in [6.45, 7) is 6.22. The maximum atomic E-state index is 4.00. The third-order valence-electron chi connectivity index (χ3n) is 2.75. The Labute approximate surface area is 79.5 Å². The molecule has 13 heavy (non-hydrogen) atoms. The lowest BCUT2D eigenvalue weighted by Crippen LogP contribution is -2.10. The van der Waals surface area contributed by atoms with E-state index >= 15 is 0 Å². The molecule has 2 unspecified atom stereocenters. The molecular formula is C12H15N. The average Bonchev–Trinajstić information content (AvgIpc) is 2.49. The van der Waals surface area contributed by atoms with Crippen molar-refractivity contribution in [3.05, 3.63) is 48.2 Å². The number of hydrogen-bond donors (Lipinski definition) is 1. The van der Waals surface area contributed by atoms with E-state index in [0.717, 1.165) is 0 Å². The van der Waals surface area contributed by atoms with Crippen molar-refractivity contribution in [1.29, 1.82) is 0 Å². The van der Waals surface area contributed by atoms with E-state index in [-0.39, 0.29) is 0 Å². The SMILES string of the molecule is C=C1NC(c2ccccc2)CC1C. The fourth-order valence-corrected chi connectivity index (χ4v) is 1.83. The summed E-state index contributed by atoms with van der Waals surface area (Å²) >= 11 is 0. The molecule has 0 amide bonds. The minimum Gasteiger partial charge on any atom is -0.382 e. The van der Waals surface area contributed by atoms with E-state index in [4.69, 9.17) is 0 Å². The minimum atomic E-state index is 0.476. The Balaban J connectivity index is 2.17. The smallest absolute Gasteiger partial charge is 0.0517 e. The largest absolute Gasteiger partial charge is 0.382 e. The van der Waals surface area contributed by atoms with Crippen LogP contribution in [0.25, 0.3) is 0 Å². The standard InChI is InChI=1S/C12H15N/c1-9-8-12(13-10(9)2)11-6-4-3-5-7-11/h3-7,9,12-13H,2,8H2,1H3. The van der Waals surface area contributed by atoms with Gasteiger partial charge in [-0.15, -0.1) is 0 Å². The van der Waals surface area contributed by atoms with Crippen LogP contribution in [0, 0.1) is 5.92 Å². The van der Waals surface area contributed by atoms with E-state index in [1.54, 1.807) is 0 Å². The highest BCUT2D eigenvalue weighted by atomic mass is 15.0. The average molecular weight is 173 g/mol. The Bertz CT molecular complexity index is 302. The van der Waals surface area contributed by atoms with Crippen molar-refractivity contribution in [2.24, 2.45) is 5.92 Å². The molecule has 0 aromatic heterocycles. The molecule has 1 saturated heterocycles. The molecular weight excluding hydrogens is 158 g/mol. The number of nitrogens with one attached hydrogen (secondary N) is 1. The summed E-state index contributed by atoms with van der Waals surface area (Å²) in [6, 6.07) is 11.0. The van der Waals surface area contributed by atoms with Crippen LogP contribution in [0.5, 0.6) is 0 Å². The number of benzene rings is 1. The first kappa shape index (κ1) is 8.36. The van der Waals surface area contributed by atoms with Gasteiger partial charge in [-0.2, -0.15) is 0 Å². The summed E-state index contributed by atoms with van der Waals surface area (Å²) in [5.41, 5.74) is 2.54. The molecule has 1 N–H and O–H groups in total. The number of hydrogen-bond acceptors (Lipinski definition) is 1. The summed E-state index contributed by atoms with van der Waals surface area (Å²) in [6.07, 6.45) is 1.17. The molecule has 1 aromatic rings. The van der Waals surface area contributed by atoms with Gasteiger partial charge in [0, 0.05) is 5.70 Å². The van der Waals surface area contributed by atoms with Crippen molar-refractivity contribution in [1.82, 2.24) is 5.32 Å². The lowest BCUT2D eigenvalue weighted by atomic mass is 10.0. The van der Waals surface area contributed by atoms with Gasteiger partial charge in [0.15, 0.2) is 0 Å². The molecule has 1 aliphatic heterocycles. The quantitative estimate of drug-likeness (QED) is 0.688. The Morgan fingerprint density at radius 2 is 2.00 bits per heavy atom. The summed E-state index contributed by atoms with van der Waals surface area (Å²) < 4.78 is 0. The zero-order chi connectivity index (χ0) is 9.26. The summed E-state index contributed by atoms with van der Waals surface area (Å²) in [4.78, 5) is 0. The highest BCUT2D eigenvalue weighted by molar-refractivity contribution is 5.23. The van der Waals surface area contributed by atoms with Crippen molar-refractivity contribution >= 4 is 0 Å². The van der Waals surface area contributed by atoms with Gasteiger partial charge >= 0.3 is 0 Å². The Hall–Kier alpha value is -1.24. The third-order valence-corrected chi connectivity index (χ3v) is 2.75. The third kappa shape index (κ3) is 1.59. The molecule has 1 aromatic carbocycles. The number of rotatable bonds is 1. The van der Waals surface area contributed by atoms with Gasteiger partial charge in [0.25, 0.3) is 0 Å². The first-order valence-electron chi connectivity index (χ1n) is 4.77. The van der Waals surface area contributed by atoms with Gasteiger partial charge in [0.05, 0.1) is 6.04 Å². The zero-order valence-corrected chi connectivity index (χ0v) is 7.96. The van der Waals surface area contributed by atoms with Crippen molar-refractivity contribution in [2.75, 3.05) is 0 Å². The van der Waals surface area contributed by atoms with Crippen LogP contribution in [0.1, 0.15) is 24.9 Å². The normalized spacial score (nSPS) is 27.3. The van der Waals surface area contributed by atoms with Crippen LogP contribution in [-0.2, 0) is 0 Å². The summed E-state index contributed by atoms with van der Waals surface area (Å²) in [7, 11) is 0. The highest BCUT2D eigenvalue weighted by Gasteiger charge is 2.24. The summed E-state index contributed by atoms with van der Waals surface area (Å²) in [5, 5.41) is 3.43. The molecule has 1 heteroatoms. The monoisotopic (exact) mass is 173 g/mol. The Morgan fingerprint density at radius 1 is 1.31 bits per heavy atom. The molecule has 0 radical (unpaired) electrons. The van der Waals surface area contributed by atoms with E-state index in [2.05, 4.69) is 49.2 Å². The Kier molecular flexibility index (Phi) is 2.09. The predicted octanol–water partition coefficient (Wildman–Crippen LogP) is 2.87. The summed E-state index contributed by atoms with van der Waals surface area (Å²) in [5.74, 6) is 0.602. The molecule has 0 aliphatic carbocycles. The molecule has 2 atom stereocenters. The zero-order valence-electron chi connectivity index (χ0n) is 7.96. The van der Waals surface area contributed by atoms with Crippen molar-refractivity contribution in [3.8, 4) is 0 Å². The van der Waals surface area contributed by atoms with Gasteiger partial charge in [-0.05, 0) is 17.9 Å². The second kappa shape index (κ2) is 3.25. The van der Waals surface area contributed by atoms with E-state index in [1.807, 2.05) is 0 Å². The van der Waals surface area contributed by atoms with Gasteiger partial charge in [0.1, 0.15) is 0 Å². The van der Waals surface area contributed by atoms with Crippen LogP contribution < -0.4 is 5.32 Å². The topological polar surface area (TPSA) is 12.0 Å². The van der Waals surface area contributed by atoms with Crippen LogP contribution in [-0.4, -0.2) is 0 Å². The molecule has 2 rings (SSSR count). The second-order valence-corrected chi connectivity index (χ2v) is 3.77. The lowest BCUT2D eigenvalue weighted by Gasteiger charge is -2.10.